The molecule has 0 radical (unpaired) electrons. The molecule has 0 spiro atoms. The molecule has 3 unspecified atom stereocenters. The molecule has 3 heteroatoms. The lowest BCUT2D eigenvalue weighted by Crippen LogP contribution is -2.68. The highest BCUT2D eigenvalue weighted by atomic mass is 14.9. The molecule has 0 heterocycles. The minimum absolute atomic E-state index is 0.0810. The van der Waals surface area contributed by atoms with Crippen LogP contribution in [0.4, 0.5) is 0 Å². The zero-order valence-corrected chi connectivity index (χ0v) is 10.4. The lowest BCUT2D eigenvalue weighted by molar-refractivity contribution is 0.0176. The summed E-state index contributed by atoms with van der Waals surface area (Å²) in [4.78, 5) is 0. The van der Waals surface area contributed by atoms with Gasteiger partial charge in [-0.05, 0) is 32.1 Å². The Morgan fingerprint density at radius 1 is 1.07 bits per heavy atom. The van der Waals surface area contributed by atoms with Crippen LogP contribution in [0.5, 0.6) is 0 Å². The van der Waals surface area contributed by atoms with Gasteiger partial charge in [0.05, 0.1) is 0 Å². The van der Waals surface area contributed by atoms with Gasteiger partial charge in [-0.25, -0.2) is 0 Å². The van der Waals surface area contributed by atoms with Gasteiger partial charge in [0.2, 0.25) is 0 Å². The Kier molecular flexibility index (Phi) is 3.80. The van der Waals surface area contributed by atoms with E-state index in [1.54, 1.807) is 0 Å². The summed E-state index contributed by atoms with van der Waals surface area (Å²) in [5, 5.41) is 0. The lowest BCUT2D eigenvalue weighted by Gasteiger charge is -2.56. The largest absolute Gasteiger partial charge is 0.328 e. The summed E-state index contributed by atoms with van der Waals surface area (Å²) in [7, 11) is 0. The first-order chi connectivity index (χ1) is 6.95. The minimum atomic E-state index is -0.173. The Hall–Kier alpha value is -0.120. The average molecular weight is 213 g/mol. The Bertz CT molecular complexity index is 213. The van der Waals surface area contributed by atoms with E-state index in [9.17, 15) is 0 Å². The van der Waals surface area contributed by atoms with Gasteiger partial charge >= 0.3 is 0 Å². The molecule has 1 saturated carbocycles. The summed E-state index contributed by atoms with van der Waals surface area (Å²) in [6.45, 7) is 6.57. The molecule has 0 bridgehead atoms. The molecule has 0 amide bonds. The van der Waals surface area contributed by atoms with E-state index in [1.807, 2.05) is 0 Å². The number of nitrogens with two attached hydrogens (primary N) is 3. The normalized spacial score (nSPS) is 40.4. The summed E-state index contributed by atoms with van der Waals surface area (Å²) in [6, 6.07) is 0.331. The SMILES string of the molecule is CCC1(N)CC(N)CC(N)C1(CC)CC. The Balaban J connectivity index is 3.07. The van der Waals surface area contributed by atoms with E-state index in [4.69, 9.17) is 17.2 Å². The predicted molar refractivity (Wildman–Crippen MR) is 65.4 cm³/mol. The molecule has 1 fully saturated rings. The monoisotopic (exact) mass is 213 g/mol. The first-order valence-corrected chi connectivity index (χ1v) is 6.25. The van der Waals surface area contributed by atoms with Crippen LogP contribution in [0.2, 0.25) is 0 Å². The van der Waals surface area contributed by atoms with Crippen molar-refractivity contribution in [3.8, 4) is 0 Å². The van der Waals surface area contributed by atoms with Crippen molar-refractivity contribution in [3.63, 3.8) is 0 Å². The van der Waals surface area contributed by atoms with E-state index < -0.39 is 0 Å². The maximum Gasteiger partial charge on any atom is 0.0238 e. The minimum Gasteiger partial charge on any atom is -0.328 e. The zero-order valence-electron chi connectivity index (χ0n) is 10.4. The molecular weight excluding hydrogens is 186 g/mol. The van der Waals surface area contributed by atoms with Crippen molar-refractivity contribution < 1.29 is 0 Å². The maximum absolute atomic E-state index is 6.58. The predicted octanol–water partition coefficient (Wildman–Crippen LogP) is 1.35. The topological polar surface area (TPSA) is 78.1 Å². The van der Waals surface area contributed by atoms with Crippen molar-refractivity contribution in [2.24, 2.45) is 22.6 Å². The van der Waals surface area contributed by atoms with E-state index in [2.05, 4.69) is 20.8 Å². The first-order valence-electron chi connectivity index (χ1n) is 6.25. The summed E-state index contributed by atoms with van der Waals surface area (Å²) in [6.07, 6.45) is 4.92. The van der Waals surface area contributed by atoms with Gasteiger partial charge in [0, 0.05) is 23.0 Å². The van der Waals surface area contributed by atoms with Crippen molar-refractivity contribution in [2.75, 3.05) is 0 Å². The molecule has 0 aromatic rings. The van der Waals surface area contributed by atoms with Gasteiger partial charge in [0.1, 0.15) is 0 Å². The van der Waals surface area contributed by atoms with E-state index in [0.29, 0.717) is 0 Å². The van der Waals surface area contributed by atoms with Gasteiger partial charge in [-0.15, -0.1) is 0 Å². The van der Waals surface area contributed by atoms with Gasteiger partial charge in [0.15, 0.2) is 0 Å². The van der Waals surface area contributed by atoms with Crippen molar-refractivity contribution >= 4 is 0 Å². The summed E-state index contributed by atoms with van der Waals surface area (Å²) >= 11 is 0. The van der Waals surface area contributed by atoms with Crippen LogP contribution in [0.15, 0.2) is 0 Å². The van der Waals surface area contributed by atoms with Gasteiger partial charge in [-0.1, -0.05) is 20.8 Å². The van der Waals surface area contributed by atoms with Crippen molar-refractivity contribution in [3.05, 3.63) is 0 Å². The third-order valence-corrected chi connectivity index (χ3v) is 4.78. The fraction of sp³-hybridized carbons (Fsp3) is 1.00. The molecular formula is C12H27N3. The fourth-order valence-electron chi connectivity index (χ4n) is 3.65. The molecule has 3 atom stereocenters. The maximum atomic E-state index is 6.58. The molecule has 1 aliphatic rings. The summed E-state index contributed by atoms with van der Waals surface area (Å²) in [5.74, 6) is 0. The molecule has 3 nitrogen and oxygen atoms in total. The second-order valence-electron chi connectivity index (χ2n) is 5.18. The third-order valence-electron chi connectivity index (χ3n) is 4.78. The molecule has 6 N–H and O–H groups in total. The molecule has 0 saturated heterocycles. The van der Waals surface area contributed by atoms with Crippen LogP contribution in [0, 0.1) is 5.41 Å². The molecule has 0 aromatic carbocycles. The van der Waals surface area contributed by atoms with Gasteiger partial charge in [0.25, 0.3) is 0 Å². The molecule has 0 aromatic heterocycles. The van der Waals surface area contributed by atoms with E-state index in [-0.39, 0.29) is 23.0 Å². The highest BCUT2D eigenvalue weighted by molar-refractivity contribution is 5.11. The third kappa shape index (κ3) is 1.81. The standard InChI is InChI=1S/C12H27N3/c1-4-11(5-2)10(14)7-9(13)8-12(11,15)6-3/h9-10H,4-8,13-15H2,1-3H3. The van der Waals surface area contributed by atoms with Crippen LogP contribution in [0.3, 0.4) is 0 Å². The number of hydrogen-bond donors (Lipinski definition) is 3. The van der Waals surface area contributed by atoms with E-state index in [1.165, 1.54) is 0 Å². The quantitative estimate of drug-likeness (QED) is 0.662. The van der Waals surface area contributed by atoms with Gasteiger partial charge in [-0.2, -0.15) is 0 Å². The van der Waals surface area contributed by atoms with Crippen molar-refractivity contribution in [1.29, 1.82) is 0 Å². The Labute approximate surface area is 93.8 Å². The molecule has 1 rings (SSSR count). The van der Waals surface area contributed by atoms with Crippen LogP contribution in [-0.4, -0.2) is 17.6 Å². The van der Waals surface area contributed by atoms with Gasteiger partial charge < -0.3 is 17.2 Å². The van der Waals surface area contributed by atoms with Crippen LogP contribution in [0.25, 0.3) is 0 Å². The fourth-order valence-corrected chi connectivity index (χ4v) is 3.65. The van der Waals surface area contributed by atoms with Crippen LogP contribution in [0.1, 0.15) is 52.9 Å². The molecule has 90 valence electrons. The van der Waals surface area contributed by atoms with Crippen LogP contribution < -0.4 is 17.2 Å². The molecule has 15 heavy (non-hydrogen) atoms. The average Bonchev–Trinajstić information content (AvgIpc) is 2.18. The highest BCUT2D eigenvalue weighted by Crippen LogP contribution is 2.48. The van der Waals surface area contributed by atoms with Gasteiger partial charge in [-0.3, -0.25) is 0 Å². The van der Waals surface area contributed by atoms with Crippen molar-refractivity contribution in [2.45, 2.75) is 70.5 Å². The Morgan fingerprint density at radius 3 is 2.00 bits per heavy atom. The highest BCUT2D eigenvalue weighted by Gasteiger charge is 2.52. The van der Waals surface area contributed by atoms with Crippen LogP contribution in [-0.2, 0) is 0 Å². The van der Waals surface area contributed by atoms with Crippen LogP contribution >= 0.6 is 0 Å². The van der Waals surface area contributed by atoms with E-state index >= 15 is 0 Å². The lowest BCUT2D eigenvalue weighted by atomic mass is 9.54. The molecule has 1 aliphatic carbocycles. The second-order valence-corrected chi connectivity index (χ2v) is 5.18. The number of hydrogen-bond acceptors (Lipinski definition) is 3. The zero-order chi connectivity index (χ0) is 11.7. The summed E-state index contributed by atoms with van der Waals surface area (Å²) < 4.78 is 0. The van der Waals surface area contributed by atoms with E-state index in [0.717, 1.165) is 32.1 Å². The Morgan fingerprint density at radius 2 is 1.60 bits per heavy atom. The summed E-state index contributed by atoms with van der Waals surface area (Å²) in [5.41, 5.74) is 18.9. The second kappa shape index (κ2) is 4.40. The molecule has 0 aliphatic heterocycles. The first kappa shape index (κ1) is 12.9. The smallest absolute Gasteiger partial charge is 0.0238 e. The number of rotatable bonds is 3. The van der Waals surface area contributed by atoms with Crippen molar-refractivity contribution in [1.82, 2.24) is 0 Å².